The highest BCUT2D eigenvalue weighted by Crippen LogP contribution is 2.18. The summed E-state index contributed by atoms with van der Waals surface area (Å²) in [4.78, 5) is 24.2. The zero-order valence-electron chi connectivity index (χ0n) is 8.73. The number of hydrogen-bond acceptors (Lipinski definition) is 4. The number of carbonyl (C=O) groups excluding carboxylic acids is 2. The lowest BCUT2D eigenvalue weighted by Crippen LogP contribution is -2.40. The summed E-state index contributed by atoms with van der Waals surface area (Å²) < 4.78 is 4.64. The molecular formula is C10H14N2O3. The van der Waals surface area contributed by atoms with E-state index >= 15 is 0 Å². The van der Waals surface area contributed by atoms with E-state index in [1.807, 2.05) is 6.07 Å². The molecule has 0 aromatic carbocycles. The van der Waals surface area contributed by atoms with E-state index in [2.05, 4.69) is 4.74 Å². The van der Waals surface area contributed by atoms with Crippen molar-refractivity contribution in [1.82, 2.24) is 4.90 Å². The molecule has 0 aromatic rings. The summed E-state index contributed by atoms with van der Waals surface area (Å²) in [6, 6.07) is 1.83. The third kappa shape index (κ3) is 2.94. The van der Waals surface area contributed by atoms with Crippen molar-refractivity contribution in [2.24, 2.45) is 5.92 Å². The highest BCUT2D eigenvalue weighted by atomic mass is 16.5. The summed E-state index contributed by atoms with van der Waals surface area (Å²) in [5, 5.41) is 8.37. The Labute approximate surface area is 88.6 Å². The minimum atomic E-state index is -0.206. The SMILES string of the molecule is COC(=O)C1CCN(C(=O)CC#N)CC1. The molecule has 1 aliphatic rings. The molecule has 5 heteroatoms. The third-order valence-corrected chi connectivity index (χ3v) is 2.61. The largest absolute Gasteiger partial charge is 0.469 e. The molecule has 0 aromatic heterocycles. The number of piperidine rings is 1. The molecule has 82 valence electrons. The highest BCUT2D eigenvalue weighted by Gasteiger charge is 2.27. The molecule has 1 aliphatic heterocycles. The second kappa shape index (κ2) is 5.35. The maximum Gasteiger partial charge on any atom is 0.308 e. The Hall–Kier alpha value is -1.57. The van der Waals surface area contributed by atoms with Gasteiger partial charge in [-0.3, -0.25) is 9.59 Å². The molecule has 0 unspecified atom stereocenters. The third-order valence-electron chi connectivity index (χ3n) is 2.61. The van der Waals surface area contributed by atoms with Crippen LogP contribution in [0.1, 0.15) is 19.3 Å². The first-order valence-corrected chi connectivity index (χ1v) is 4.91. The van der Waals surface area contributed by atoms with Gasteiger partial charge in [0.15, 0.2) is 0 Å². The molecular weight excluding hydrogens is 196 g/mol. The molecule has 0 bridgehead atoms. The van der Waals surface area contributed by atoms with E-state index in [0.29, 0.717) is 25.9 Å². The van der Waals surface area contributed by atoms with E-state index < -0.39 is 0 Å². The highest BCUT2D eigenvalue weighted by molar-refractivity contribution is 5.79. The summed E-state index contributed by atoms with van der Waals surface area (Å²) in [5.41, 5.74) is 0. The first kappa shape index (κ1) is 11.5. The number of methoxy groups -OCH3 is 1. The summed E-state index contributed by atoms with van der Waals surface area (Å²) in [7, 11) is 1.37. The molecule has 1 saturated heterocycles. The van der Waals surface area contributed by atoms with Gasteiger partial charge in [-0.1, -0.05) is 0 Å². The average molecular weight is 210 g/mol. The Morgan fingerprint density at radius 2 is 2.07 bits per heavy atom. The second-order valence-electron chi connectivity index (χ2n) is 3.51. The molecule has 0 N–H and O–H groups in total. The van der Waals surface area contributed by atoms with Gasteiger partial charge >= 0.3 is 5.97 Å². The van der Waals surface area contributed by atoms with Crippen molar-refractivity contribution < 1.29 is 14.3 Å². The van der Waals surface area contributed by atoms with E-state index in [4.69, 9.17) is 5.26 Å². The fourth-order valence-corrected chi connectivity index (χ4v) is 1.71. The Morgan fingerprint density at radius 1 is 1.47 bits per heavy atom. The Kier molecular flexibility index (Phi) is 4.10. The van der Waals surface area contributed by atoms with Crippen molar-refractivity contribution in [1.29, 1.82) is 5.26 Å². The standard InChI is InChI=1S/C10H14N2O3/c1-15-10(14)8-3-6-12(7-4-8)9(13)2-5-11/h8H,2-4,6-7H2,1H3. The molecule has 0 spiro atoms. The molecule has 1 heterocycles. The number of amides is 1. The van der Waals surface area contributed by atoms with Crippen LogP contribution in [0, 0.1) is 17.2 Å². The lowest BCUT2D eigenvalue weighted by Gasteiger charge is -2.30. The van der Waals surface area contributed by atoms with Crippen molar-refractivity contribution in [3.63, 3.8) is 0 Å². The molecule has 0 atom stereocenters. The number of nitriles is 1. The predicted octanol–water partition coefficient (Wildman–Crippen LogP) is 0.312. The van der Waals surface area contributed by atoms with E-state index in [-0.39, 0.29) is 24.2 Å². The lowest BCUT2D eigenvalue weighted by molar-refractivity contribution is -0.148. The fraction of sp³-hybridized carbons (Fsp3) is 0.700. The van der Waals surface area contributed by atoms with Crippen molar-refractivity contribution in [3.8, 4) is 6.07 Å². The molecule has 1 amide bonds. The predicted molar refractivity (Wildman–Crippen MR) is 51.6 cm³/mol. The Bertz CT molecular complexity index is 288. The number of nitrogens with zero attached hydrogens (tertiary/aromatic N) is 2. The van der Waals surface area contributed by atoms with Gasteiger partial charge in [-0.25, -0.2) is 0 Å². The first-order chi connectivity index (χ1) is 7.19. The second-order valence-corrected chi connectivity index (χ2v) is 3.51. The van der Waals surface area contributed by atoms with Gasteiger partial charge in [0.2, 0.25) is 5.91 Å². The molecule has 0 saturated carbocycles. The lowest BCUT2D eigenvalue weighted by atomic mass is 9.97. The molecule has 1 rings (SSSR count). The van der Waals surface area contributed by atoms with Gasteiger partial charge in [-0.05, 0) is 12.8 Å². The summed E-state index contributed by atoms with van der Waals surface area (Å²) in [6.45, 7) is 1.08. The Morgan fingerprint density at radius 3 is 2.53 bits per heavy atom. The maximum absolute atomic E-state index is 11.3. The van der Waals surface area contributed by atoms with E-state index in [1.54, 1.807) is 4.90 Å². The van der Waals surface area contributed by atoms with Gasteiger partial charge in [-0.2, -0.15) is 5.26 Å². The van der Waals surface area contributed by atoms with Crippen molar-refractivity contribution in [2.45, 2.75) is 19.3 Å². The molecule has 1 fully saturated rings. The smallest absolute Gasteiger partial charge is 0.308 e. The topological polar surface area (TPSA) is 70.4 Å². The van der Waals surface area contributed by atoms with Gasteiger partial charge in [0.1, 0.15) is 6.42 Å². The molecule has 0 radical (unpaired) electrons. The van der Waals surface area contributed by atoms with Crippen LogP contribution in [-0.2, 0) is 14.3 Å². The number of rotatable bonds is 2. The van der Waals surface area contributed by atoms with Gasteiger partial charge in [0.05, 0.1) is 19.1 Å². The van der Waals surface area contributed by atoms with E-state index in [1.165, 1.54) is 7.11 Å². The van der Waals surface area contributed by atoms with Crippen LogP contribution in [-0.4, -0.2) is 37.0 Å². The zero-order valence-corrected chi connectivity index (χ0v) is 8.73. The summed E-state index contributed by atoms with van der Waals surface area (Å²) in [6.07, 6.45) is 1.18. The minimum Gasteiger partial charge on any atom is -0.469 e. The minimum absolute atomic E-state index is 0.0805. The number of hydrogen-bond donors (Lipinski definition) is 0. The number of likely N-dealkylation sites (tertiary alicyclic amines) is 1. The zero-order chi connectivity index (χ0) is 11.3. The van der Waals surface area contributed by atoms with Crippen LogP contribution in [0.5, 0.6) is 0 Å². The molecule has 0 aliphatic carbocycles. The fourth-order valence-electron chi connectivity index (χ4n) is 1.71. The van der Waals surface area contributed by atoms with Crippen molar-refractivity contribution in [2.75, 3.05) is 20.2 Å². The van der Waals surface area contributed by atoms with Gasteiger partial charge in [-0.15, -0.1) is 0 Å². The number of ether oxygens (including phenoxy) is 1. The first-order valence-electron chi connectivity index (χ1n) is 4.91. The van der Waals surface area contributed by atoms with Gasteiger partial charge in [0.25, 0.3) is 0 Å². The van der Waals surface area contributed by atoms with E-state index in [9.17, 15) is 9.59 Å². The quantitative estimate of drug-likeness (QED) is 0.615. The van der Waals surface area contributed by atoms with Crippen LogP contribution in [0.4, 0.5) is 0 Å². The number of esters is 1. The Balaban J connectivity index is 2.39. The van der Waals surface area contributed by atoms with Crippen LogP contribution in [0.3, 0.4) is 0 Å². The molecule has 15 heavy (non-hydrogen) atoms. The summed E-state index contributed by atoms with van der Waals surface area (Å²) in [5.74, 6) is -0.454. The van der Waals surface area contributed by atoms with Gasteiger partial charge in [0, 0.05) is 13.1 Å². The average Bonchev–Trinajstić information content (AvgIpc) is 2.28. The van der Waals surface area contributed by atoms with Crippen LogP contribution in [0.25, 0.3) is 0 Å². The summed E-state index contributed by atoms with van der Waals surface area (Å²) >= 11 is 0. The van der Waals surface area contributed by atoms with Crippen LogP contribution < -0.4 is 0 Å². The van der Waals surface area contributed by atoms with Crippen molar-refractivity contribution in [3.05, 3.63) is 0 Å². The van der Waals surface area contributed by atoms with Crippen LogP contribution in [0.2, 0.25) is 0 Å². The van der Waals surface area contributed by atoms with Crippen LogP contribution in [0.15, 0.2) is 0 Å². The number of carbonyl (C=O) groups is 2. The van der Waals surface area contributed by atoms with Crippen LogP contribution >= 0.6 is 0 Å². The van der Waals surface area contributed by atoms with Crippen molar-refractivity contribution >= 4 is 11.9 Å². The maximum atomic E-state index is 11.3. The van der Waals surface area contributed by atoms with E-state index in [0.717, 1.165) is 0 Å². The monoisotopic (exact) mass is 210 g/mol. The molecule has 5 nitrogen and oxygen atoms in total. The normalized spacial score (nSPS) is 16.9. The van der Waals surface area contributed by atoms with Gasteiger partial charge < -0.3 is 9.64 Å².